The summed E-state index contributed by atoms with van der Waals surface area (Å²) < 4.78 is 5.06. The minimum atomic E-state index is -0.841. The van der Waals surface area contributed by atoms with Gasteiger partial charge in [0.05, 0.1) is 12.5 Å². The molecule has 0 bridgehead atoms. The zero-order chi connectivity index (χ0) is 12.3. The Labute approximate surface area is 95.4 Å². The maximum absolute atomic E-state index is 11.6. The van der Waals surface area contributed by atoms with Crippen molar-refractivity contribution in [3.05, 3.63) is 0 Å². The molecule has 5 heteroatoms. The first-order valence-electron chi connectivity index (χ1n) is 5.56. The lowest BCUT2D eigenvalue weighted by atomic mass is 9.99. The summed E-state index contributed by atoms with van der Waals surface area (Å²) in [4.78, 5) is 23.9. The fourth-order valence-corrected chi connectivity index (χ4v) is 1.77. The molecule has 0 aliphatic carbocycles. The number of carbonyl (C=O) groups excluding carboxylic acids is 1. The summed E-state index contributed by atoms with van der Waals surface area (Å²) in [5.41, 5.74) is 0. The van der Waals surface area contributed by atoms with Crippen LogP contribution >= 0.6 is 0 Å². The van der Waals surface area contributed by atoms with E-state index in [1.807, 2.05) is 20.8 Å². The maximum atomic E-state index is 11.6. The van der Waals surface area contributed by atoms with E-state index in [1.165, 1.54) is 4.90 Å². The van der Waals surface area contributed by atoms with E-state index in [1.54, 1.807) is 0 Å². The lowest BCUT2D eigenvalue weighted by molar-refractivity contribution is -0.142. The molecule has 1 amide bonds. The first kappa shape index (κ1) is 12.8. The predicted molar refractivity (Wildman–Crippen MR) is 58.0 cm³/mol. The number of carbonyl (C=O) groups is 2. The Kier molecular flexibility index (Phi) is 4.15. The van der Waals surface area contributed by atoms with E-state index in [0.29, 0.717) is 19.1 Å². The largest absolute Gasteiger partial charge is 0.481 e. The van der Waals surface area contributed by atoms with Crippen LogP contribution in [0.15, 0.2) is 0 Å². The van der Waals surface area contributed by atoms with Gasteiger partial charge in [0.15, 0.2) is 0 Å². The molecule has 1 fully saturated rings. The van der Waals surface area contributed by atoms with Gasteiger partial charge >= 0.3 is 12.1 Å². The Morgan fingerprint density at radius 1 is 1.44 bits per heavy atom. The molecule has 0 aromatic heterocycles. The van der Waals surface area contributed by atoms with Gasteiger partial charge in [0.1, 0.15) is 0 Å². The fourth-order valence-electron chi connectivity index (χ4n) is 1.77. The van der Waals surface area contributed by atoms with Crippen molar-refractivity contribution in [3.63, 3.8) is 0 Å². The van der Waals surface area contributed by atoms with Crippen LogP contribution in [0.1, 0.15) is 20.8 Å². The third kappa shape index (κ3) is 3.12. The Bertz CT molecular complexity index is 277. The van der Waals surface area contributed by atoms with Gasteiger partial charge < -0.3 is 14.7 Å². The molecule has 0 radical (unpaired) electrons. The second-order valence-electron chi connectivity index (χ2n) is 4.80. The van der Waals surface area contributed by atoms with Crippen molar-refractivity contribution in [2.75, 3.05) is 19.7 Å². The van der Waals surface area contributed by atoms with Crippen LogP contribution in [0, 0.1) is 17.8 Å². The summed E-state index contributed by atoms with van der Waals surface area (Å²) in [6.07, 6.45) is -0.399. The van der Waals surface area contributed by atoms with Crippen molar-refractivity contribution >= 4 is 12.1 Å². The average molecular weight is 229 g/mol. The van der Waals surface area contributed by atoms with E-state index in [4.69, 9.17) is 9.84 Å². The number of nitrogens with zero attached hydrogens (tertiary/aromatic N) is 1. The molecule has 2 atom stereocenters. The molecule has 1 aliphatic heterocycles. The van der Waals surface area contributed by atoms with Gasteiger partial charge in [0.25, 0.3) is 0 Å². The lowest BCUT2D eigenvalue weighted by Gasteiger charge is -2.16. The molecule has 1 aliphatic rings. The molecule has 1 rings (SSSR count). The Balaban J connectivity index is 2.45. The monoisotopic (exact) mass is 229 g/mol. The van der Waals surface area contributed by atoms with E-state index in [0.717, 1.165) is 0 Å². The highest BCUT2D eigenvalue weighted by Gasteiger charge is 2.37. The van der Waals surface area contributed by atoms with E-state index in [-0.39, 0.29) is 12.5 Å². The van der Waals surface area contributed by atoms with Crippen molar-refractivity contribution in [2.45, 2.75) is 20.8 Å². The van der Waals surface area contributed by atoms with Crippen LogP contribution in [0.3, 0.4) is 0 Å². The molecule has 0 saturated carbocycles. The van der Waals surface area contributed by atoms with Gasteiger partial charge in [0.2, 0.25) is 0 Å². The number of hydrogen-bond acceptors (Lipinski definition) is 3. The minimum Gasteiger partial charge on any atom is -0.481 e. The fraction of sp³-hybridized carbons (Fsp3) is 0.818. The number of carboxylic acids is 1. The van der Waals surface area contributed by atoms with Gasteiger partial charge in [-0.05, 0) is 11.8 Å². The molecule has 0 unspecified atom stereocenters. The summed E-state index contributed by atoms with van der Waals surface area (Å²) in [6, 6.07) is 0. The summed E-state index contributed by atoms with van der Waals surface area (Å²) in [5.74, 6) is -1.03. The first-order chi connectivity index (χ1) is 7.41. The SMILES string of the molecule is CC(C)COC(=O)N1C[C@@H](C)[C@H](C(=O)O)C1. The topological polar surface area (TPSA) is 66.8 Å². The number of rotatable bonds is 3. The highest BCUT2D eigenvalue weighted by Crippen LogP contribution is 2.23. The quantitative estimate of drug-likeness (QED) is 0.795. The van der Waals surface area contributed by atoms with Gasteiger partial charge in [-0.25, -0.2) is 4.79 Å². The zero-order valence-electron chi connectivity index (χ0n) is 9.97. The van der Waals surface area contributed by atoms with Crippen LogP contribution in [-0.2, 0) is 9.53 Å². The molecule has 1 N–H and O–H groups in total. The van der Waals surface area contributed by atoms with Crippen molar-refractivity contribution < 1.29 is 19.4 Å². The second-order valence-corrected chi connectivity index (χ2v) is 4.80. The molecule has 0 spiro atoms. The van der Waals surface area contributed by atoms with Crippen LogP contribution in [0.4, 0.5) is 4.79 Å². The Morgan fingerprint density at radius 3 is 2.50 bits per heavy atom. The predicted octanol–water partition coefficient (Wildman–Crippen LogP) is 1.43. The lowest BCUT2D eigenvalue weighted by Crippen LogP contribution is -2.31. The minimum absolute atomic E-state index is 0.0101. The molecule has 92 valence electrons. The van der Waals surface area contributed by atoms with E-state index >= 15 is 0 Å². The summed E-state index contributed by atoms with van der Waals surface area (Å²) >= 11 is 0. The van der Waals surface area contributed by atoms with Gasteiger partial charge in [-0.1, -0.05) is 20.8 Å². The van der Waals surface area contributed by atoms with Gasteiger partial charge in [-0.3, -0.25) is 4.79 Å². The van der Waals surface area contributed by atoms with Crippen molar-refractivity contribution in [1.29, 1.82) is 0 Å². The molecule has 0 aromatic carbocycles. The molecule has 1 saturated heterocycles. The van der Waals surface area contributed by atoms with E-state index in [2.05, 4.69) is 0 Å². The van der Waals surface area contributed by atoms with Crippen LogP contribution in [0.25, 0.3) is 0 Å². The molecular weight excluding hydrogens is 210 g/mol. The number of likely N-dealkylation sites (tertiary alicyclic amines) is 1. The summed E-state index contributed by atoms with van der Waals surface area (Å²) in [7, 11) is 0. The molecular formula is C11H19NO4. The standard InChI is InChI=1S/C11H19NO4/c1-7(2)6-16-11(15)12-4-8(3)9(5-12)10(13)14/h7-9H,4-6H2,1-3H3,(H,13,14)/t8-,9-/m1/s1. The smallest absolute Gasteiger partial charge is 0.409 e. The number of hydrogen-bond donors (Lipinski definition) is 1. The maximum Gasteiger partial charge on any atom is 0.409 e. The Morgan fingerprint density at radius 2 is 2.06 bits per heavy atom. The molecule has 5 nitrogen and oxygen atoms in total. The van der Waals surface area contributed by atoms with Crippen LogP contribution in [-0.4, -0.2) is 41.8 Å². The third-order valence-electron chi connectivity index (χ3n) is 2.73. The van der Waals surface area contributed by atoms with Gasteiger partial charge in [-0.2, -0.15) is 0 Å². The second kappa shape index (κ2) is 5.18. The summed E-state index contributed by atoms with van der Waals surface area (Å²) in [6.45, 7) is 6.86. The molecule has 0 aromatic rings. The summed E-state index contributed by atoms with van der Waals surface area (Å²) in [5, 5.41) is 8.92. The highest BCUT2D eigenvalue weighted by atomic mass is 16.6. The number of carboxylic acid groups (broad SMARTS) is 1. The van der Waals surface area contributed by atoms with Crippen molar-refractivity contribution in [2.24, 2.45) is 17.8 Å². The molecule has 1 heterocycles. The number of ether oxygens (including phenoxy) is 1. The normalized spacial score (nSPS) is 24.9. The highest BCUT2D eigenvalue weighted by molar-refractivity contribution is 5.74. The van der Waals surface area contributed by atoms with E-state index in [9.17, 15) is 9.59 Å². The van der Waals surface area contributed by atoms with E-state index < -0.39 is 18.0 Å². The first-order valence-corrected chi connectivity index (χ1v) is 5.56. The Hall–Kier alpha value is -1.26. The van der Waals surface area contributed by atoms with Gasteiger partial charge in [-0.15, -0.1) is 0 Å². The van der Waals surface area contributed by atoms with Crippen molar-refractivity contribution in [1.82, 2.24) is 4.90 Å². The third-order valence-corrected chi connectivity index (χ3v) is 2.73. The number of aliphatic carboxylic acids is 1. The average Bonchev–Trinajstić information content (AvgIpc) is 2.56. The van der Waals surface area contributed by atoms with Crippen LogP contribution < -0.4 is 0 Å². The van der Waals surface area contributed by atoms with Gasteiger partial charge in [0, 0.05) is 13.1 Å². The van der Waals surface area contributed by atoms with Crippen LogP contribution in [0.5, 0.6) is 0 Å². The molecule has 16 heavy (non-hydrogen) atoms. The zero-order valence-corrected chi connectivity index (χ0v) is 9.97. The van der Waals surface area contributed by atoms with Crippen LogP contribution in [0.2, 0.25) is 0 Å². The number of amides is 1. The van der Waals surface area contributed by atoms with Crippen molar-refractivity contribution in [3.8, 4) is 0 Å².